The maximum atomic E-state index is 12.2. The van der Waals surface area contributed by atoms with Gasteiger partial charge in [-0.25, -0.2) is 8.42 Å². The van der Waals surface area contributed by atoms with Crippen molar-refractivity contribution in [3.63, 3.8) is 0 Å². The van der Waals surface area contributed by atoms with Gasteiger partial charge < -0.3 is 9.47 Å². The van der Waals surface area contributed by atoms with Crippen LogP contribution in [-0.4, -0.2) is 28.9 Å². The van der Waals surface area contributed by atoms with Crippen molar-refractivity contribution in [2.45, 2.75) is 6.54 Å². The van der Waals surface area contributed by atoms with Gasteiger partial charge in [0, 0.05) is 11.1 Å². The summed E-state index contributed by atoms with van der Waals surface area (Å²) in [6.45, 7) is 0.133. The second-order valence-corrected chi connectivity index (χ2v) is 7.21. The molecular weight excluding hydrogens is 338 g/mol. The molecule has 0 N–H and O–H groups in total. The highest BCUT2D eigenvalue weighted by Gasteiger charge is 2.20. The van der Waals surface area contributed by atoms with E-state index in [-0.39, 0.29) is 6.54 Å². The first-order valence-corrected chi connectivity index (χ1v) is 9.02. The first kappa shape index (κ1) is 17.4. The number of ether oxygens (including phenoxy) is 2. The van der Waals surface area contributed by atoms with E-state index < -0.39 is 10.0 Å². The van der Waals surface area contributed by atoms with Gasteiger partial charge in [-0.15, -0.1) is 0 Å². The summed E-state index contributed by atoms with van der Waals surface area (Å²) in [4.78, 5) is 0. The molecule has 0 atom stereocenters. The van der Waals surface area contributed by atoms with E-state index in [0.29, 0.717) is 22.2 Å². The average molecular weight is 356 g/mol. The molecule has 0 radical (unpaired) electrons. The number of rotatable bonds is 6. The SMILES string of the molecule is COc1ccc(N(Cc2ccccc2Cl)S(C)(=O)=O)cc1OC. The fourth-order valence-electron chi connectivity index (χ4n) is 2.16. The molecule has 0 fully saturated rings. The second kappa shape index (κ2) is 7.10. The molecule has 0 aliphatic rings. The highest BCUT2D eigenvalue weighted by atomic mass is 35.5. The maximum absolute atomic E-state index is 12.2. The third kappa shape index (κ3) is 4.09. The van der Waals surface area contributed by atoms with Gasteiger partial charge in [-0.1, -0.05) is 29.8 Å². The van der Waals surface area contributed by atoms with Crippen molar-refractivity contribution in [1.82, 2.24) is 0 Å². The van der Waals surface area contributed by atoms with Gasteiger partial charge >= 0.3 is 0 Å². The van der Waals surface area contributed by atoms with Gasteiger partial charge in [0.15, 0.2) is 11.5 Å². The summed E-state index contributed by atoms with van der Waals surface area (Å²) in [5, 5.41) is 0.515. The standard InChI is InChI=1S/C16H18ClNO4S/c1-21-15-9-8-13(10-16(15)22-2)18(23(3,19)20)11-12-6-4-5-7-14(12)17/h4-10H,11H2,1-3H3. The molecule has 0 spiro atoms. The molecule has 0 aliphatic heterocycles. The zero-order valence-corrected chi connectivity index (χ0v) is 14.7. The van der Waals surface area contributed by atoms with E-state index in [1.807, 2.05) is 6.07 Å². The van der Waals surface area contributed by atoms with Gasteiger partial charge in [0.25, 0.3) is 0 Å². The van der Waals surface area contributed by atoms with Crippen LogP contribution in [0.3, 0.4) is 0 Å². The van der Waals surface area contributed by atoms with Gasteiger partial charge in [0.05, 0.1) is 32.7 Å². The van der Waals surface area contributed by atoms with Crippen LogP contribution >= 0.6 is 11.6 Å². The molecule has 0 heterocycles. The van der Waals surface area contributed by atoms with Crippen molar-refractivity contribution in [2.24, 2.45) is 0 Å². The Balaban J connectivity index is 2.46. The molecule has 5 nitrogen and oxygen atoms in total. The van der Waals surface area contributed by atoms with Crippen LogP contribution in [0.2, 0.25) is 5.02 Å². The van der Waals surface area contributed by atoms with Crippen molar-refractivity contribution < 1.29 is 17.9 Å². The second-order valence-electron chi connectivity index (χ2n) is 4.90. The third-order valence-electron chi connectivity index (χ3n) is 3.33. The lowest BCUT2D eigenvalue weighted by Gasteiger charge is -2.24. The van der Waals surface area contributed by atoms with E-state index in [1.54, 1.807) is 36.4 Å². The molecule has 0 saturated heterocycles. The van der Waals surface area contributed by atoms with E-state index in [9.17, 15) is 8.42 Å². The molecule has 0 aromatic heterocycles. The van der Waals surface area contributed by atoms with Crippen LogP contribution in [0.1, 0.15) is 5.56 Å². The number of nitrogens with zero attached hydrogens (tertiary/aromatic N) is 1. The highest BCUT2D eigenvalue weighted by molar-refractivity contribution is 7.92. The molecular formula is C16H18ClNO4S. The number of hydrogen-bond donors (Lipinski definition) is 0. The Morgan fingerprint density at radius 3 is 2.26 bits per heavy atom. The Kier molecular flexibility index (Phi) is 5.38. The van der Waals surface area contributed by atoms with Gasteiger partial charge in [0.1, 0.15) is 0 Å². The molecule has 124 valence electrons. The van der Waals surface area contributed by atoms with E-state index in [4.69, 9.17) is 21.1 Å². The summed E-state index contributed by atoms with van der Waals surface area (Å²) in [7, 11) is -0.475. The molecule has 7 heteroatoms. The minimum atomic E-state index is -3.50. The molecule has 0 bridgehead atoms. The Morgan fingerprint density at radius 1 is 1.04 bits per heavy atom. The minimum absolute atomic E-state index is 0.133. The monoisotopic (exact) mass is 355 g/mol. The van der Waals surface area contributed by atoms with Crippen LogP contribution in [0.25, 0.3) is 0 Å². The lowest BCUT2D eigenvalue weighted by atomic mass is 10.2. The van der Waals surface area contributed by atoms with Crippen LogP contribution in [0.5, 0.6) is 11.5 Å². The molecule has 0 aliphatic carbocycles. The number of benzene rings is 2. The van der Waals surface area contributed by atoms with Crippen LogP contribution in [0.4, 0.5) is 5.69 Å². The fraction of sp³-hybridized carbons (Fsp3) is 0.250. The molecule has 2 aromatic rings. The van der Waals surface area contributed by atoms with E-state index in [2.05, 4.69) is 0 Å². The van der Waals surface area contributed by atoms with E-state index in [1.165, 1.54) is 18.5 Å². The lowest BCUT2D eigenvalue weighted by Crippen LogP contribution is -2.29. The summed E-state index contributed by atoms with van der Waals surface area (Å²) in [5.41, 5.74) is 1.19. The van der Waals surface area contributed by atoms with Crippen molar-refractivity contribution in [3.8, 4) is 11.5 Å². The number of halogens is 1. The van der Waals surface area contributed by atoms with Gasteiger partial charge in [0.2, 0.25) is 10.0 Å². The number of hydrogen-bond acceptors (Lipinski definition) is 4. The van der Waals surface area contributed by atoms with Gasteiger partial charge in [-0.2, -0.15) is 0 Å². The summed E-state index contributed by atoms with van der Waals surface area (Å²) < 4.78 is 36.1. The number of methoxy groups -OCH3 is 2. The number of anilines is 1. The Bertz CT molecular complexity index is 792. The zero-order valence-electron chi connectivity index (χ0n) is 13.1. The molecule has 2 aromatic carbocycles. The summed E-state index contributed by atoms with van der Waals surface area (Å²) in [6.07, 6.45) is 1.15. The Hall–Kier alpha value is -1.92. The van der Waals surface area contributed by atoms with Gasteiger partial charge in [-0.05, 0) is 23.8 Å². The van der Waals surface area contributed by atoms with Crippen LogP contribution < -0.4 is 13.8 Å². The minimum Gasteiger partial charge on any atom is -0.493 e. The summed E-state index contributed by atoms with van der Waals surface area (Å²) >= 11 is 6.15. The summed E-state index contributed by atoms with van der Waals surface area (Å²) in [6, 6.07) is 12.1. The van der Waals surface area contributed by atoms with Crippen molar-refractivity contribution in [3.05, 3.63) is 53.1 Å². The zero-order chi connectivity index (χ0) is 17.0. The van der Waals surface area contributed by atoms with Crippen molar-refractivity contribution in [1.29, 1.82) is 0 Å². The molecule has 2 rings (SSSR count). The number of sulfonamides is 1. The Morgan fingerprint density at radius 2 is 1.70 bits per heavy atom. The topological polar surface area (TPSA) is 55.8 Å². The van der Waals surface area contributed by atoms with E-state index in [0.717, 1.165) is 11.8 Å². The van der Waals surface area contributed by atoms with Crippen molar-refractivity contribution in [2.75, 3.05) is 24.8 Å². The van der Waals surface area contributed by atoms with Crippen LogP contribution in [0, 0.1) is 0 Å². The Labute approximate surface area is 141 Å². The molecule has 23 heavy (non-hydrogen) atoms. The quantitative estimate of drug-likeness (QED) is 0.797. The largest absolute Gasteiger partial charge is 0.493 e. The fourth-order valence-corrected chi connectivity index (χ4v) is 3.23. The molecule has 0 saturated carbocycles. The molecule has 0 amide bonds. The lowest BCUT2D eigenvalue weighted by molar-refractivity contribution is 0.355. The first-order valence-electron chi connectivity index (χ1n) is 6.80. The predicted molar refractivity (Wildman–Crippen MR) is 92.0 cm³/mol. The van der Waals surface area contributed by atoms with Crippen LogP contribution in [-0.2, 0) is 16.6 Å². The maximum Gasteiger partial charge on any atom is 0.232 e. The first-order chi connectivity index (χ1) is 10.9. The smallest absolute Gasteiger partial charge is 0.232 e. The predicted octanol–water partition coefficient (Wildman–Crippen LogP) is 3.32. The van der Waals surface area contributed by atoms with Crippen LogP contribution in [0.15, 0.2) is 42.5 Å². The summed E-state index contributed by atoms with van der Waals surface area (Å²) in [5.74, 6) is 0.986. The normalized spacial score (nSPS) is 11.1. The van der Waals surface area contributed by atoms with E-state index >= 15 is 0 Å². The van der Waals surface area contributed by atoms with Crippen molar-refractivity contribution >= 4 is 27.3 Å². The third-order valence-corrected chi connectivity index (χ3v) is 4.84. The molecule has 0 unspecified atom stereocenters. The van der Waals surface area contributed by atoms with Gasteiger partial charge in [-0.3, -0.25) is 4.31 Å². The average Bonchev–Trinajstić information content (AvgIpc) is 2.52. The highest BCUT2D eigenvalue weighted by Crippen LogP contribution is 2.33.